The van der Waals surface area contributed by atoms with Crippen molar-refractivity contribution in [2.45, 2.75) is 6.54 Å². The van der Waals surface area contributed by atoms with E-state index < -0.39 is 0 Å². The standard InChI is InChI=1S/C23H21FN4O2/c1-29-21-3-4-25-14-19(21)18-12-17-16(10-20(18)24)13-27-23(17)15-2-5-26-22(11-15)28-6-8-30-9-7-28/h2-5,10-12,14H,6-9,13H2,1H3. The largest absolute Gasteiger partial charge is 0.496 e. The van der Waals surface area contributed by atoms with Gasteiger partial charge < -0.3 is 14.4 Å². The van der Waals surface area contributed by atoms with E-state index in [-0.39, 0.29) is 5.82 Å². The van der Waals surface area contributed by atoms with Crippen molar-refractivity contribution in [1.82, 2.24) is 9.97 Å². The topological polar surface area (TPSA) is 59.8 Å². The first-order chi connectivity index (χ1) is 14.7. The average molecular weight is 404 g/mol. The lowest BCUT2D eigenvalue weighted by molar-refractivity contribution is 0.122. The Hall–Kier alpha value is -3.32. The maximum Gasteiger partial charge on any atom is 0.131 e. The number of ether oxygens (including phenoxy) is 2. The number of benzene rings is 1. The van der Waals surface area contributed by atoms with Gasteiger partial charge in [0.05, 0.1) is 32.6 Å². The van der Waals surface area contributed by atoms with Crippen LogP contribution in [0.5, 0.6) is 5.75 Å². The van der Waals surface area contributed by atoms with Gasteiger partial charge in [0.25, 0.3) is 0 Å². The number of methoxy groups -OCH3 is 1. The van der Waals surface area contributed by atoms with Crippen LogP contribution in [0, 0.1) is 5.82 Å². The van der Waals surface area contributed by atoms with Gasteiger partial charge in [0.2, 0.25) is 0 Å². The van der Waals surface area contributed by atoms with E-state index in [1.54, 1.807) is 37.8 Å². The number of aromatic nitrogens is 2. The van der Waals surface area contributed by atoms with Crippen LogP contribution in [0.1, 0.15) is 16.7 Å². The van der Waals surface area contributed by atoms with E-state index in [1.807, 2.05) is 18.2 Å². The third-order valence-electron chi connectivity index (χ3n) is 5.50. The normalized spacial score (nSPS) is 15.7. The molecule has 1 fully saturated rings. The summed E-state index contributed by atoms with van der Waals surface area (Å²) >= 11 is 0. The van der Waals surface area contributed by atoms with Crippen molar-refractivity contribution >= 4 is 11.5 Å². The fourth-order valence-corrected chi connectivity index (χ4v) is 3.96. The van der Waals surface area contributed by atoms with Crippen molar-refractivity contribution in [3.8, 4) is 16.9 Å². The summed E-state index contributed by atoms with van der Waals surface area (Å²) in [6.07, 6.45) is 5.05. The molecule has 2 aromatic heterocycles. The van der Waals surface area contributed by atoms with Gasteiger partial charge in [-0.2, -0.15) is 0 Å². The molecular weight excluding hydrogens is 383 g/mol. The smallest absolute Gasteiger partial charge is 0.131 e. The van der Waals surface area contributed by atoms with Gasteiger partial charge in [-0.05, 0) is 35.9 Å². The molecule has 1 aromatic carbocycles. The van der Waals surface area contributed by atoms with Crippen LogP contribution in [0.25, 0.3) is 11.1 Å². The molecule has 0 amide bonds. The minimum Gasteiger partial charge on any atom is -0.496 e. The molecule has 30 heavy (non-hydrogen) atoms. The maximum absolute atomic E-state index is 14.9. The van der Waals surface area contributed by atoms with Gasteiger partial charge in [0.1, 0.15) is 17.4 Å². The van der Waals surface area contributed by atoms with Gasteiger partial charge in [0.15, 0.2) is 0 Å². The fourth-order valence-electron chi connectivity index (χ4n) is 3.96. The van der Waals surface area contributed by atoms with Gasteiger partial charge in [-0.3, -0.25) is 9.98 Å². The summed E-state index contributed by atoms with van der Waals surface area (Å²) in [7, 11) is 1.57. The molecule has 0 atom stereocenters. The second-order valence-electron chi connectivity index (χ2n) is 7.23. The SMILES string of the molecule is COc1ccncc1-c1cc2c(cc1F)CN=C2c1ccnc(N2CCOCC2)c1. The number of rotatable bonds is 4. The third kappa shape index (κ3) is 3.31. The van der Waals surface area contributed by atoms with E-state index in [9.17, 15) is 4.39 Å². The Kier molecular flexibility index (Phi) is 4.88. The minimum absolute atomic E-state index is 0.305. The molecule has 2 aliphatic heterocycles. The summed E-state index contributed by atoms with van der Waals surface area (Å²) in [5.41, 5.74) is 4.70. The van der Waals surface area contributed by atoms with Crippen LogP contribution in [0.4, 0.5) is 10.2 Å². The molecular formula is C23H21FN4O2. The molecule has 4 heterocycles. The Morgan fingerprint density at radius 3 is 2.73 bits per heavy atom. The molecule has 0 bridgehead atoms. The highest BCUT2D eigenvalue weighted by Gasteiger charge is 2.23. The number of morpholine rings is 1. The van der Waals surface area contributed by atoms with Crippen molar-refractivity contribution < 1.29 is 13.9 Å². The molecule has 0 spiro atoms. The Balaban J connectivity index is 1.54. The van der Waals surface area contributed by atoms with Crippen molar-refractivity contribution in [3.05, 3.63) is 71.4 Å². The van der Waals surface area contributed by atoms with E-state index in [0.29, 0.717) is 36.6 Å². The number of fused-ring (bicyclic) bond motifs is 1. The summed E-state index contributed by atoms with van der Waals surface area (Å²) in [5.74, 6) is 1.18. The number of aliphatic imine (C=N–C) groups is 1. The van der Waals surface area contributed by atoms with Gasteiger partial charge in [-0.1, -0.05) is 0 Å². The van der Waals surface area contributed by atoms with Crippen molar-refractivity contribution in [2.75, 3.05) is 38.3 Å². The van der Waals surface area contributed by atoms with Crippen LogP contribution in [0.15, 0.2) is 53.9 Å². The van der Waals surface area contributed by atoms with Crippen LogP contribution in [0.2, 0.25) is 0 Å². The molecule has 152 valence electrons. The number of nitrogens with zero attached hydrogens (tertiary/aromatic N) is 4. The van der Waals surface area contributed by atoms with Gasteiger partial charge in [-0.15, -0.1) is 0 Å². The van der Waals surface area contributed by atoms with Crippen molar-refractivity contribution in [1.29, 1.82) is 0 Å². The predicted molar refractivity (Wildman–Crippen MR) is 113 cm³/mol. The number of pyridine rings is 2. The van der Waals surface area contributed by atoms with Gasteiger partial charge in [0, 0.05) is 53.9 Å². The zero-order valence-electron chi connectivity index (χ0n) is 16.6. The van der Waals surface area contributed by atoms with Crippen molar-refractivity contribution in [2.24, 2.45) is 4.99 Å². The van der Waals surface area contributed by atoms with E-state index in [4.69, 9.17) is 14.5 Å². The first-order valence-electron chi connectivity index (χ1n) is 9.89. The number of anilines is 1. The van der Waals surface area contributed by atoms with Crippen molar-refractivity contribution in [3.63, 3.8) is 0 Å². The summed E-state index contributed by atoms with van der Waals surface area (Å²) in [5, 5.41) is 0. The number of hydrogen-bond acceptors (Lipinski definition) is 6. The highest BCUT2D eigenvalue weighted by atomic mass is 19.1. The lowest BCUT2D eigenvalue weighted by Gasteiger charge is -2.28. The van der Waals surface area contributed by atoms with Gasteiger partial charge in [-0.25, -0.2) is 9.37 Å². The summed E-state index contributed by atoms with van der Waals surface area (Å²) in [6, 6.07) is 9.15. The molecule has 5 rings (SSSR count). The minimum atomic E-state index is -0.305. The van der Waals surface area contributed by atoms with Gasteiger partial charge >= 0.3 is 0 Å². The fraction of sp³-hybridized carbons (Fsp3) is 0.261. The van der Waals surface area contributed by atoms with E-state index >= 15 is 0 Å². The number of hydrogen-bond donors (Lipinski definition) is 0. The second-order valence-corrected chi connectivity index (χ2v) is 7.23. The predicted octanol–water partition coefficient (Wildman–Crippen LogP) is 3.48. The highest BCUT2D eigenvalue weighted by Crippen LogP contribution is 2.35. The van der Waals surface area contributed by atoms with Crippen LogP contribution < -0.4 is 9.64 Å². The van der Waals surface area contributed by atoms with Crippen LogP contribution in [-0.2, 0) is 11.3 Å². The Morgan fingerprint density at radius 2 is 1.90 bits per heavy atom. The molecule has 0 radical (unpaired) electrons. The molecule has 3 aromatic rings. The summed E-state index contributed by atoms with van der Waals surface area (Å²) < 4.78 is 25.8. The molecule has 2 aliphatic rings. The second kappa shape index (κ2) is 7.84. The summed E-state index contributed by atoms with van der Waals surface area (Å²) in [4.78, 5) is 15.6. The quantitative estimate of drug-likeness (QED) is 0.666. The zero-order chi connectivity index (χ0) is 20.5. The molecule has 6 nitrogen and oxygen atoms in total. The molecule has 0 saturated carbocycles. The molecule has 0 aliphatic carbocycles. The molecule has 0 unspecified atom stereocenters. The Morgan fingerprint density at radius 1 is 1.03 bits per heavy atom. The van der Waals surface area contributed by atoms with Crippen LogP contribution in [-0.4, -0.2) is 49.1 Å². The van der Waals surface area contributed by atoms with E-state index in [0.717, 1.165) is 41.3 Å². The highest BCUT2D eigenvalue weighted by molar-refractivity contribution is 6.16. The van der Waals surface area contributed by atoms with Crippen LogP contribution in [0.3, 0.4) is 0 Å². The van der Waals surface area contributed by atoms with E-state index in [2.05, 4.69) is 14.9 Å². The third-order valence-corrected chi connectivity index (χ3v) is 5.50. The molecule has 0 N–H and O–H groups in total. The first-order valence-corrected chi connectivity index (χ1v) is 9.89. The monoisotopic (exact) mass is 404 g/mol. The average Bonchev–Trinajstić information content (AvgIpc) is 3.22. The lowest BCUT2D eigenvalue weighted by atomic mass is 9.95. The van der Waals surface area contributed by atoms with E-state index in [1.165, 1.54) is 0 Å². The molecule has 7 heteroatoms. The number of halogens is 1. The Bertz CT molecular complexity index is 1130. The zero-order valence-corrected chi connectivity index (χ0v) is 16.6. The van der Waals surface area contributed by atoms with Crippen LogP contribution >= 0.6 is 0 Å². The lowest BCUT2D eigenvalue weighted by Crippen LogP contribution is -2.36. The maximum atomic E-state index is 14.9. The summed E-state index contributed by atoms with van der Waals surface area (Å²) in [6.45, 7) is 3.49. The Labute approximate surface area is 174 Å². The molecule has 1 saturated heterocycles. The first kappa shape index (κ1) is 18.7.